The molecule has 2 aromatic rings. The first kappa shape index (κ1) is 19.6. The third kappa shape index (κ3) is 3.91. The van der Waals surface area contributed by atoms with Gasteiger partial charge in [0.2, 0.25) is 0 Å². The zero-order chi connectivity index (χ0) is 20.1. The topological polar surface area (TPSA) is 69.7 Å². The predicted molar refractivity (Wildman–Crippen MR) is 108 cm³/mol. The number of nitrogens with zero attached hydrogens (tertiary/aromatic N) is 2. The van der Waals surface area contributed by atoms with Crippen molar-refractivity contribution in [3.8, 4) is 0 Å². The second kappa shape index (κ2) is 8.69. The van der Waals surface area contributed by atoms with Crippen LogP contribution >= 0.6 is 0 Å². The molecule has 0 radical (unpaired) electrons. The zero-order valence-electron chi connectivity index (χ0n) is 16.3. The van der Waals surface area contributed by atoms with Gasteiger partial charge in [0.05, 0.1) is 16.8 Å². The maximum atomic E-state index is 12.5. The van der Waals surface area contributed by atoms with Gasteiger partial charge in [-0.25, -0.2) is 9.69 Å². The van der Waals surface area contributed by atoms with Gasteiger partial charge in [0.1, 0.15) is 0 Å². The van der Waals surface area contributed by atoms with Crippen molar-refractivity contribution in [2.75, 3.05) is 18.0 Å². The van der Waals surface area contributed by atoms with E-state index in [0.29, 0.717) is 23.4 Å². The number of rotatable bonds is 7. The molecule has 4 amide bonds. The second-order valence-electron chi connectivity index (χ2n) is 6.80. The smallest absolute Gasteiger partial charge is 0.317 e. The number of amides is 4. The molecule has 0 spiro atoms. The average molecular weight is 379 g/mol. The number of hydrogen-bond acceptors (Lipinski definition) is 3. The van der Waals surface area contributed by atoms with Crippen molar-refractivity contribution in [1.29, 1.82) is 0 Å². The summed E-state index contributed by atoms with van der Waals surface area (Å²) in [5.74, 6) is -0.618. The van der Waals surface area contributed by atoms with E-state index < -0.39 is 0 Å². The minimum atomic E-state index is -0.309. The number of nitrogens with one attached hydrogen (secondary N) is 1. The fraction of sp³-hybridized carbons (Fsp3) is 0.318. The quantitative estimate of drug-likeness (QED) is 0.744. The number of imide groups is 1. The van der Waals surface area contributed by atoms with Crippen LogP contribution in [-0.2, 0) is 6.54 Å². The highest BCUT2D eigenvalue weighted by Crippen LogP contribution is 2.28. The van der Waals surface area contributed by atoms with E-state index in [4.69, 9.17) is 0 Å². The Hall–Kier alpha value is -3.15. The molecule has 146 valence electrons. The van der Waals surface area contributed by atoms with E-state index in [9.17, 15) is 14.4 Å². The summed E-state index contributed by atoms with van der Waals surface area (Å²) in [7, 11) is 0. The van der Waals surface area contributed by atoms with Crippen LogP contribution in [0.2, 0.25) is 0 Å². The van der Waals surface area contributed by atoms with E-state index in [1.807, 2.05) is 30.9 Å². The second-order valence-corrected chi connectivity index (χ2v) is 6.80. The Morgan fingerprint density at radius 3 is 1.93 bits per heavy atom. The molecule has 1 aliphatic heterocycles. The number of carbonyl (C=O) groups is 3. The van der Waals surface area contributed by atoms with Gasteiger partial charge in [0, 0.05) is 19.6 Å². The first-order valence-corrected chi connectivity index (χ1v) is 9.66. The Bertz CT molecular complexity index is 836. The van der Waals surface area contributed by atoms with Crippen molar-refractivity contribution < 1.29 is 14.4 Å². The molecule has 6 nitrogen and oxygen atoms in total. The van der Waals surface area contributed by atoms with Crippen molar-refractivity contribution in [3.05, 3.63) is 65.2 Å². The summed E-state index contributed by atoms with van der Waals surface area (Å²) >= 11 is 0. The summed E-state index contributed by atoms with van der Waals surface area (Å²) in [6.45, 7) is 5.96. The van der Waals surface area contributed by atoms with Crippen molar-refractivity contribution >= 4 is 23.5 Å². The molecule has 0 fully saturated rings. The van der Waals surface area contributed by atoms with Gasteiger partial charge in [-0.15, -0.1) is 0 Å². The highest BCUT2D eigenvalue weighted by atomic mass is 16.2. The Balaban J connectivity index is 1.65. The van der Waals surface area contributed by atoms with Crippen LogP contribution in [0.25, 0.3) is 0 Å². The van der Waals surface area contributed by atoms with Crippen molar-refractivity contribution in [1.82, 2.24) is 10.2 Å². The molecular weight excluding hydrogens is 354 g/mol. The normalized spacial score (nSPS) is 12.9. The van der Waals surface area contributed by atoms with Crippen LogP contribution in [0, 0.1) is 0 Å². The lowest BCUT2D eigenvalue weighted by Gasteiger charge is -2.22. The van der Waals surface area contributed by atoms with Gasteiger partial charge in [-0.05, 0) is 42.7 Å². The molecule has 0 saturated carbocycles. The Morgan fingerprint density at radius 2 is 1.43 bits per heavy atom. The van der Waals surface area contributed by atoms with E-state index >= 15 is 0 Å². The molecule has 28 heavy (non-hydrogen) atoms. The third-order valence-corrected chi connectivity index (χ3v) is 4.71. The number of carbonyl (C=O) groups excluding carboxylic acids is 3. The number of hydrogen-bond donors (Lipinski definition) is 1. The minimum Gasteiger partial charge on any atom is -0.334 e. The molecule has 0 aliphatic carbocycles. The van der Waals surface area contributed by atoms with Gasteiger partial charge in [-0.3, -0.25) is 9.59 Å². The molecule has 0 bridgehead atoms. The van der Waals surface area contributed by atoms with Crippen LogP contribution in [0.3, 0.4) is 0 Å². The lowest BCUT2D eigenvalue weighted by Crippen LogP contribution is -2.40. The predicted octanol–water partition coefficient (Wildman–Crippen LogP) is 3.82. The first-order chi connectivity index (χ1) is 13.6. The average Bonchev–Trinajstić information content (AvgIpc) is 2.97. The molecule has 6 heteroatoms. The summed E-state index contributed by atoms with van der Waals surface area (Å²) in [4.78, 5) is 40.4. The van der Waals surface area contributed by atoms with E-state index in [1.54, 1.807) is 36.4 Å². The summed E-state index contributed by atoms with van der Waals surface area (Å²) < 4.78 is 0. The SMILES string of the molecule is CCCN(CCC)C(=O)NCc1ccc(N2C(=O)c3ccccc3C2=O)cc1. The van der Waals surface area contributed by atoms with Gasteiger partial charge in [0.15, 0.2) is 0 Å². The molecule has 0 atom stereocenters. The molecule has 1 N–H and O–H groups in total. The van der Waals surface area contributed by atoms with Crippen LogP contribution < -0.4 is 10.2 Å². The van der Waals surface area contributed by atoms with E-state index in [2.05, 4.69) is 5.32 Å². The Kier molecular flexibility index (Phi) is 6.09. The van der Waals surface area contributed by atoms with Crippen LogP contribution in [-0.4, -0.2) is 35.8 Å². The van der Waals surface area contributed by atoms with Gasteiger partial charge < -0.3 is 10.2 Å². The number of benzene rings is 2. The van der Waals surface area contributed by atoms with Gasteiger partial charge in [-0.1, -0.05) is 38.1 Å². The highest BCUT2D eigenvalue weighted by Gasteiger charge is 2.36. The lowest BCUT2D eigenvalue weighted by molar-refractivity contribution is 0.0926. The van der Waals surface area contributed by atoms with Gasteiger partial charge >= 0.3 is 6.03 Å². The molecule has 0 saturated heterocycles. The zero-order valence-corrected chi connectivity index (χ0v) is 16.3. The number of anilines is 1. The summed E-state index contributed by atoms with van der Waals surface area (Å²) in [6, 6.07) is 13.9. The van der Waals surface area contributed by atoms with Crippen LogP contribution in [0.1, 0.15) is 53.0 Å². The van der Waals surface area contributed by atoms with E-state index in [-0.39, 0.29) is 17.8 Å². The Labute approximate surface area is 165 Å². The van der Waals surface area contributed by atoms with Crippen LogP contribution in [0.5, 0.6) is 0 Å². The molecule has 0 unspecified atom stereocenters. The monoisotopic (exact) mass is 379 g/mol. The molecule has 0 aromatic heterocycles. The maximum absolute atomic E-state index is 12.5. The van der Waals surface area contributed by atoms with Crippen LogP contribution in [0.4, 0.5) is 10.5 Å². The highest BCUT2D eigenvalue weighted by molar-refractivity contribution is 6.34. The third-order valence-electron chi connectivity index (χ3n) is 4.71. The fourth-order valence-corrected chi connectivity index (χ4v) is 3.33. The summed E-state index contributed by atoms with van der Waals surface area (Å²) in [5.41, 5.74) is 2.29. The Morgan fingerprint density at radius 1 is 0.893 bits per heavy atom. The molecule has 1 heterocycles. The standard InChI is InChI=1S/C22H25N3O3/c1-3-13-24(14-4-2)22(28)23-15-16-9-11-17(12-10-16)25-20(26)18-7-5-6-8-19(18)21(25)27/h5-12H,3-4,13-15H2,1-2H3,(H,23,28). The molecule has 2 aromatic carbocycles. The molecule has 3 rings (SSSR count). The van der Waals surface area contributed by atoms with Gasteiger partial charge in [0.25, 0.3) is 11.8 Å². The first-order valence-electron chi connectivity index (χ1n) is 9.66. The maximum Gasteiger partial charge on any atom is 0.317 e. The fourth-order valence-electron chi connectivity index (χ4n) is 3.33. The van der Waals surface area contributed by atoms with Crippen LogP contribution in [0.15, 0.2) is 48.5 Å². The minimum absolute atomic E-state index is 0.0758. The molecule has 1 aliphatic rings. The largest absolute Gasteiger partial charge is 0.334 e. The van der Waals surface area contributed by atoms with Crippen molar-refractivity contribution in [2.45, 2.75) is 33.2 Å². The van der Waals surface area contributed by atoms with E-state index in [1.165, 1.54) is 4.90 Å². The molecular formula is C22H25N3O3. The number of urea groups is 1. The van der Waals surface area contributed by atoms with Crippen molar-refractivity contribution in [3.63, 3.8) is 0 Å². The summed E-state index contributed by atoms with van der Waals surface area (Å²) in [6.07, 6.45) is 1.84. The lowest BCUT2D eigenvalue weighted by atomic mass is 10.1. The van der Waals surface area contributed by atoms with Gasteiger partial charge in [-0.2, -0.15) is 0 Å². The summed E-state index contributed by atoms with van der Waals surface area (Å²) in [5, 5.41) is 2.93. The van der Waals surface area contributed by atoms with Crippen molar-refractivity contribution in [2.24, 2.45) is 0 Å². The van der Waals surface area contributed by atoms with E-state index in [0.717, 1.165) is 31.5 Å². The number of fused-ring (bicyclic) bond motifs is 1.